The highest BCUT2D eigenvalue weighted by molar-refractivity contribution is 6.36. The molecule has 0 aliphatic rings. The molecule has 0 saturated carbocycles. The van der Waals surface area contributed by atoms with E-state index in [4.69, 9.17) is 27.9 Å². The summed E-state index contributed by atoms with van der Waals surface area (Å²) in [6.07, 6.45) is 0. The summed E-state index contributed by atoms with van der Waals surface area (Å²) in [6, 6.07) is 25.3. The summed E-state index contributed by atoms with van der Waals surface area (Å²) in [4.78, 5) is 16.1. The normalized spacial score (nSPS) is 11.0. The molecular formula is C25H15Cl2N3O3. The molecule has 162 valence electrons. The fraction of sp³-hybridized carbons (Fsp3) is 0. The molecule has 5 rings (SSSR count). The standard InChI is InChI=1S/C25H15Cl2N3O3/c26-16-8-11-19(20(27)12-16)21-13-23(30-24(28-21)14-22(29-30)25(31)32)15-6-9-18(10-7-15)33-17-4-2-1-3-5-17/h1-14H,(H,31,32). The number of carbonyl (C=O) groups is 1. The molecule has 6 nitrogen and oxygen atoms in total. The lowest BCUT2D eigenvalue weighted by Crippen LogP contribution is -2.01. The molecule has 2 aromatic heterocycles. The number of aromatic carboxylic acids is 1. The summed E-state index contributed by atoms with van der Waals surface area (Å²) in [7, 11) is 0. The van der Waals surface area contributed by atoms with Crippen LogP contribution < -0.4 is 4.74 Å². The van der Waals surface area contributed by atoms with E-state index in [9.17, 15) is 9.90 Å². The van der Waals surface area contributed by atoms with Gasteiger partial charge in [0.2, 0.25) is 0 Å². The van der Waals surface area contributed by atoms with E-state index in [-0.39, 0.29) is 5.69 Å². The van der Waals surface area contributed by atoms with Gasteiger partial charge in [-0.1, -0.05) is 41.4 Å². The predicted molar refractivity (Wildman–Crippen MR) is 127 cm³/mol. The molecule has 33 heavy (non-hydrogen) atoms. The first-order chi connectivity index (χ1) is 16.0. The average Bonchev–Trinajstić information content (AvgIpc) is 3.24. The van der Waals surface area contributed by atoms with Crippen molar-refractivity contribution in [3.63, 3.8) is 0 Å². The van der Waals surface area contributed by atoms with E-state index in [1.54, 1.807) is 18.2 Å². The minimum absolute atomic E-state index is 0.105. The van der Waals surface area contributed by atoms with Gasteiger partial charge in [-0.25, -0.2) is 14.3 Å². The molecule has 0 fully saturated rings. The molecule has 8 heteroatoms. The smallest absolute Gasteiger partial charge is 0.356 e. The van der Waals surface area contributed by atoms with Crippen LogP contribution in [-0.2, 0) is 0 Å². The van der Waals surface area contributed by atoms with Crippen molar-refractivity contribution in [3.8, 4) is 34.0 Å². The van der Waals surface area contributed by atoms with Gasteiger partial charge < -0.3 is 9.84 Å². The summed E-state index contributed by atoms with van der Waals surface area (Å²) in [5.74, 6) is 0.265. The molecule has 5 aromatic rings. The van der Waals surface area contributed by atoms with Crippen molar-refractivity contribution >= 4 is 34.8 Å². The molecule has 1 N–H and O–H groups in total. The van der Waals surface area contributed by atoms with Gasteiger partial charge >= 0.3 is 5.97 Å². The molecule has 0 spiro atoms. The Labute approximate surface area is 198 Å². The van der Waals surface area contributed by atoms with E-state index in [0.717, 1.165) is 11.3 Å². The molecule has 0 amide bonds. The Morgan fingerprint density at radius 3 is 2.30 bits per heavy atom. The summed E-state index contributed by atoms with van der Waals surface area (Å²) in [5, 5.41) is 14.6. The monoisotopic (exact) mass is 475 g/mol. The zero-order valence-corrected chi connectivity index (χ0v) is 18.5. The second kappa shape index (κ2) is 8.58. The number of aromatic nitrogens is 3. The molecule has 0 aliphatic carbocycles. The van der Waals surface area contributed by atoms with Crippen molar-refractivity contribution in [1.82, 2.24) is 14.6 Å². The second-order valence-electron chi connectivity index (χ2n) is 7.20. The summed E-state index contributed by atoms with van der Waals surface area (Å²) < 4.78 is 7.37. The Morgan fingerprint density at radius 2 is 1.61 bits per heavy atom. The Bertz CT molecular complexity index is 1480. The third kappa shape index (κ3) is 4.26. The van der Waals surface area contributed by atoms with Gasteiger partial charge in [0.1, 0.15) is 11.5 Å². The van der Waals surface area contributed by atoms with E-state index >= 15 is 0 Å². The van der Waals surface area contributed by atoms with Crippen LogP contribution >= 0.6 is 23.2 Å². The number of hydrogen-bond donors (Lipinski definition) is 1. The Morgan fingerprint density at radius 1 is 0.879 bits per heavy atom. The van der Waals surface area contributed by atoms with Crippen LogP contribution in [0.4, 0.5) is 0 Å². The van der Waals surface area contributed by atoms with E-state index in [1.165, 1.54) is 10.6 Å². The highest BCUT2D eigenvalue weighted by atomic mass is 35.5. The first-order valence-electron chi connectivity index (χ1n) is 9.91. The van der Waals surface area contributed by atoms with Crippen LogP contribution in [0.25, 0.3) is 28.2 Å². The number of nitrogens with zero attached hydrogens (tertiary/aromatic N) is 3. The maximum atomic E-state index is 11.5. The average molecular weight is 476 g/mol. The van der Waals surface area contributed by atoms with Crippen LogP contribution in [0.1, 0.15) is 10.5 Å². The molecule has 0 aliphatic heterocycles. The van der Waals surface area contributed by atoms with Crippen molar-refractivity contribution in [2.75, 3.05) is 0 Å². The fourth-order valence-electron chi connectivity index (χ4n) is 3.44. The number of rotatable bonds is 5. The van der Waals surface area contributed by atoms with Crippen molar-refractivity contribution in [2.45, 2.75) is 0 Å². The molecule has 0 saturated heterocycles. The quantitative estimate of drug-likeness (QED) is 0.300. The number of ether oxygens (including phenoxy) is 1. The minimum atomic E-state index is -1.14. The molecule has 0 atom stereocenters. The SMILES string of the molecule is O=C(O)c1cc2nc(-c3ccc(Cl)cc3Cl)cc(-c3ccc(Oc4ccccc4)cc3)n2n1. The third-order valence-electron chi connectivity index (χ3n) is 4.98. The Balaban J connectivity index is 1.62. The molecule has 2 heterocycles. The lowest BCUT2D eigenvalue weighted by Gasteiger charge is -2.11. The van der Waals surface area contributed by atoms with Crippen molar-refractivity contribution < 1.29 is 14.6 Å². The number of carboxylic acids is 1. The molecule has 3 aromatic carbocycles. The van der Waals surface area contributed by atoms with Crippen LogP contribution in [-0.4, -0.2) is 25.7 Å². The number of benzene rings is 3. The van der Waals surface area contributed by atoms with Crippen molar-refractivity contribution in [2.24, 2.45) is 0 Å². The van der Waals surface area contributed by atoms with Gasteiger partial charge in [-0.15, -0.1) is 0 Å². The summed E-state index contributed by atoms with van der Waals surface area (Å²) >= 11 is 12.5. The topological polar surface area (TPSA) is 76.7 Å². The van der Waals surface area contributed by atoms with Gasteiger partial charge in [0.25, 0.3) is 0 Å². The Hall–Kier alpha value is -3.87. The highest BCUT2D eigenvalue weighted by Crippen LogP contribution is 2.33. The largest absolute Gasteiger partial charge is 0.476 e. The number of carboxylic acid groups (broad SMARTS) is 1. The van der Waals surface area contributed by atoms with Gasteiger partial charge in [0, 0.05) is 22.2 Å². The van der Waals surface area contributed by atoms with Crippen LogP contribution in [0.2, 0.25) is 10.0 Å². The van der Waals surface area contributed by atoms with Crippen LogP contribution in [0, 0.1) is 0 Å². The lowest BCUT2D eigenvalue weighted by atomic mass is 10.1. The van der Waals surface area contributed by atoms with Crippen molar-refractivity contribution in [3.05, 3.63) is 101 Å². The van der Waals surface area contributed by atoms with Gasteiger partial charge in [-0.2, -0.15) is 5.10 Å². The Kier molecular flexibility index (Phi) is 5.46. The molecular weight excluding hydrogens is 461 g/mol. The van der Waals surface area contributed by atoms with Gasteiger partial charge in [-0.3, -0.25) is 0 Å². The third-order valence-corrected chi connectivity index (χ3v) is 5.53. The van der Waals surface area contributed by atoms with Gasteiger partial charge in [0.05, 0.1) is 16.4 Å². The van der Waals surface area contributed by atoms with E-state index in [1.807, 2.05) is 60.7 Å². The fourth-order valence-corrected chi connectivity index (χ4v) is 3.94. The van der Waals surface area contributed by atoms with E-state index < -0.39 is 5.97 Å². The maximum absolute atomic E-state index is 11.5. The van der Waals surface area contributed by atoms with Gasteiger partial charge in [0.15, 0.2) is 11.3 Å². The van der Waals surface area contributed by atoms with Crippen molar-refractivity contribution in [1.29, 1.82) is 0 Å². The van der Waals surface area contributed by atoms with Crippen LogP contribution in [0.3, 0.4) is 0 Å². The maximum Gasteiger partial charge on any atom is 0.356 e. The molecule has 0 unspecified atom stereocenters. The van der Waals surface area contributed by atoms with Gasteiger partial charge in [-0.05, 0) is 60.7 Å². The number of para-hydroxylation sites is 1. The molecule has 0 radical (unpaired) electrons. The zero-order chi connectivity index (χ0) is 22.9. The number of halogens is 2. The van der Waals surface area contributed by atoms with E-state index in [2.05, 4.69) is 10.1 Å². The zero-order valence-electron chi connectivity index (χ0n) is 16.9. The highest BCUT2D eigenvalue weighted by Gasteiger charge is 2.17. The van der Waals surface area contributed by atoms with Crippen LogP contribution in [0.15, 0.2) is 84.9 Å². The first-order valence-corrected chi connectivity index (χ1v) is 10.7. The lowest BCUT2D eigenvalue weighted by molar-refractivity contribution is 0.0690. The minimum Gasteiger partial charge on any atom is -0.476 e. The summed E-state index contributed by atoms with van der Waals surface area (Å²) in [6.45, 7) is 0. The number of hydrogen-bond acceptors (Lipinski definition) is 4. The second-order valence-corrected chi connectivity index (χ2v) is 8.04. The van der Waals surface area contributed by atoms with E-state index in [0.29, 0.717) is 38.4 Å². The number of fused-ring (bicyclic) bond motifs is 1. The predicted octanol–water partition coefficient (Wildman–Crippen LogP) is 6.86. The first kappa shape index (κ1) is 21.0. The summed E-state index contributed by atoms with van der Waals surface area (Å²) in [5.41, 5.74) is 2.98. The molecule has 0 bridgehead atoms. The van der Waals surface area contributed by atoms with Crippen LogP contribution in [0.5, 0.6) is 11.5 Å².